The van der Waals surface area contributed by atoms with E-state index in [1.54, 1.807) is 41.1 Å². The van der Waals surface area contributed by atoms with Crippen molar-refractivity contribution in [1.29, 1.82) is 0 Å². The molecule has 0 radical (unpaired) electrons. The summed E-state index contributed by atoms with van der Waals surface area (Å²) in [7, 11) is -10.8. The van der Waals surface area contributed by atoms with Crippen molar-refractivity contribution in [2.45, 2.75) is 32.7 Å². The maximum Gasteiger partial charge on any atom is 0.501 e. The Morgan fingerprint density at radius 2 is 1.53 bits per heavy atom. The Kier molecular flexibility index (Phi) is 9.22. The molecule has 0 aliphatic rings. The topological polar surface area (TPSA) is 126 Å². The summed E-state index contributed by atoms with van der Waals surface area (Å²) in [6.45, 7) is 0. The van der Waals surface area contributed by atoms with Crippen molar-refractivity contribution in [1.82, 2.24) is 4.72 Å². The number of sulfone groups is 1. The number of carbonyl (C=O) groups excluding carboxylic acids is 2. The minimum atomic E-state index is -6.03. The molecule has 2 N–H and O–H groups in total. The first-order valence-corrected chi connectivity index (χ1v) is 14.8. The molecule has 14 heteroatoms. The number of halogens is 3. The first-order valence-electron chi connectivity index (χ1n) is 10.8. The average molecular weight is 587 g/mol. The van der Waals surface area contributed by atoms with Gasteiger partial charge in [0.05, 0.1) is 10.6 Å². The fourth-order valence-corrected chi connectivity index (χ4v) is 6.17. The van der Waals surface area contributed by atoms with Crippen molar-refractivity contribution in [3.05, 3.63) is 84.4 Å². The fraction of sp³-hybridized carbons (Fsp3) is 0.167. The standard InChI is InChI=1S/C24H21F3N2O6S3/c25-24(26,27)37(32,33)22-15-20(38(34,35)29-23(31)17-7-3-1-4-8-17)11-12-21(22)28-18(13-14-30)16-36-19-9-5-2-6-10-19/h1-12,14-15,18,28H,13,16H2,(H,29,31). The van der Waals surface area contributed by atoms with Gasteiger partial charge in [-0.15, -0.1) is 11.8 Å². The molecule has 0 aliphatic heterocycles. The third kappa shape index (κ3) is 7.14. The molecule has 0 spiro atoms. The molecule has 1 amide bonds. The van der Waals surface area contributed by atoms with E-state index in [0.717, 1.165) is 17.0 Å². The number of nitrogens with one attached hydrogen (secondary N) is 2. The van der Waals surface area contributed by atoms with Gasteiger partial charge in [-0.3, -0.25) is 4.79 Å². The lowest BCUT2D eigenvalue weighted by Gasteiger charge is -2.21. The van der Waals surface area contributed by atoms with Crippen LogP contribution in [0.3, 0.4) is 0 Å². The molecule has 8 nitrogen and oxygen atoms in total. The number of amides is 1. The van der Waals surface area contributed by atoms with Gasteiger partial charge >= 0.3 is 5.51 Å². The monoisotopic (exact) mass is 586 g/mol. The van der Waals surface area contributed by atoms with E-state index in [-0.39, 0.29) is 17.7 Å². The summed E-state index contributed by atoms with van der Waals surface area (Å²) in [5.74, 6) is -0.876. The van der Waals surface area contributed by atoms with E-state index in [1.165, 1.54) is 36.0 Å². The molecule has 0 saturated carbocycles. The van der Waals surface area contributed by atoms with Crippen molar-refractivity contribution < 1.29 is 39.6 Å². The zero-order valence-electron chi connectivity index (χ0n) is 19.4. The Morgan fingerprint density at radius 1 is 0.921 bits per heavy atom. The molecule has 3 aromatic rings. The van der Waals surface area contributed by atoms with Gasteiger partial charge in [0.2, 0.25) is 0 Å². The molecule has 3 rings (SSSR count). The number of thioether (sulfide) groups is 1. The molecular formula is C24H21F3N2O6S3. The maximum absolute atomic E-state index is 13.5. The SMILES string of the molecule is O=CCC(CSc1ccccc1)Nc1ccc(S(=O)(=O)NC(=O)c2ccccc2)cc1S(=O)(=O)C(F)(F)F. The third-order valence-electron chi connectivity index (χ3n) is 5.06. The predicted octanol–water partition coefficient (Wildman–Crippen LogP) is 4.26. The van der Waals surface area contributed by atoms with Crippen LogP contribution in [0.5, 0.6) is 0 Å². The Morgan fingerprint density at radius 3 is 2.11 bits per heavy atom. The predicted molar refractivity (Wildman–Crippen MR) is 136 cm³/mol. The molecule has 1 atom stereocenters. The van der Waals surface area contributed by atoms with Gasteiger partial charge in [0.1, 0.15) is 11.2 Å². The second-order valence-electron chi connectivity index (χ2n) is 7.78. The van der Waals surface area contributed by atoms with E-state index >= 15 is 0 Å². The van der Waals surface area contributed by atoms with Crippen LogP contribution in [0.4, 0.5) is 18.9 Å². The van der Waals surface area contributed by atoms with Gasteiger partial charge in [0.25, 0.3) is 25.8 Å². The lowest BCUT2D eigenvalue weighted by molar-refractivity contribution is -0.107. The van der Waals surface area contributed by atoms with Crippen LogP contribution in [0.1, 0.15) is 16.8 Å². The van der Waals surface area contributed by atoms with Gasteiger partial charge in [-0.1, -0.05) is 36.4 Å². The number of anilines is 1. The van der Waals surface area contributed by atoms with Gasteiger partial charge in [0.15, 0.2) is 0 Å². The van der Waals surface area contributed by atoms with Crippen molar-refractivity contribution in [2.24, 2.45) is 0 Å². The summed E-state index contributed by atoms with van der Waals surface area (Å²) in [4.78, 5) is 22.1. The third-order valence-corrected chi connectivity index (χ3v) is 9.08. The lowest BCUT2D eigenvalue weighted by atomic mass is 10.2. The highest BCUT2D eigenvalue weighted by atomic mass is 32.2. The Bertz CT molecular complexity index is 1500. The summed E-state index contributed by atoms with van der Waals surface area (Å²) in [5.41, 5.74) is -6.33. The maximum atomic E-state index is 13.5. The van der Waals surface area contributed by atoms with Crippen molar-refractivity contribution in [3.63, 3.8) is 0 Å². The largest absolute Gasteiger partial charge is 0.501 e. The molecule has 0 aliphatic carbocycles. The Hall–Kier alpha value is -3.36. The van der Waals surface area contributed by atoms with E-state index in [1.807, 2.05) is 0 Å². The van der Waals surface area contributed by atoms with Crippen LogP contribution in [0, 0.1) is 0 Å². The summed E-state index contributed by atoms with van der Waals surface area (Å²) >= 11 is 1.28. The zero-order valence-corrected chi connectivity index (χ0v) is 21.8. The second-order valence-corrected chi connectivity index (χ2v) is 12.5. The highest BCUT2D eigenvalue weighted by molar-refractivity contribution is 7.99. The van der Waals surface area contributed by atoms with Crippen LogP contribution in [-0.4, -0.2) is 46.3 Å². The Balaban J connectivity index is 1.97. The molecular weight excluding hydrogens is 565 g/mol. The first-order chi connectivity index (χ1) is 17.8. The van der Waals surface area contributed by atoms with Gasteiger partial charge in [0, 0.05) is 28.7 Å². The summed E-state index contributed by atoms with van der Waals surface area (Å²) in [5, 5.41) is 2.63. The normalized spacial score (nSPS) is 12.9. The molecule has 0 fully saturated rings. The van der Waals surface area contributed by atoms with Crippen LogP contribution in [-0.2, 0) is 24.7 Å². The van der Waals surface area contributed by atoms with E-state index in [9.17, 15) is 39.6 Å². The first kappa shape index (κ1) is 29.2. The quantitative estimate of drug-likeness (QED) is 0.252. The van der Waals surface area contributed by atoms with Crippen molar-refractivity contribution in [3.8, 4) is 0 Å². The summed E-state index contributed by atoms with van der Waals surface area (Å²) in [6, 6.07) is 17.3. The van der Waals surface area contributed by atoms with Crippen LogP contribution < -0.4 is 10.0 Å². The smallest absolute Gasteiger partial charge is 0.380 e. The number of carbonyl (C=O) groups is 2. The van der Waals surface area contributed by atoms with E-state index in [0.29, 0.717) is 12.4 Å². The molecule has 0 heterocycles. The van der Waals surface area contributed by atoms with Gasteiger partial charge in [-0.2, -0.15) is 13.2 Å². The highest BCUT2D eigenvalue weighted by Crippen LogP contribution is 2.36. The van der Waals surface area contributed by atoms with Crippen LogP contribution in [0.25, 0.3) is 0 Å². The van der Waals surface area contributed by atoms with Crippen LogP contribution in [0.2, 0.25) is 0 Å². The molecule has 202 valence electrons. The molecule has 1 unspecified atom stereocenters. The number of hydrogen-bond donors (Lipinski definition) is 2. The Labute approximate surface area is 221 Å². The molecule has 0 bridgehead atoms. The van der Waals surface area contributed by atoms with Gasteiger partial charge in [-0.25, -0.2) is 21.6 Å². The van der Waals surface area contributed by atoms with Crippen LogP contribution in [0.15, 0.2) is 93.5 Å². The number of hydrogen-bond acceptors (Lipinski definition) is 8. The number of sulfonamides is 1. The molecule has 38 heavy (non-hydrogen) atoms. The van der Waals surface area contributed by atoms with E-state index in [4.69, 9.17) is 0 Å². The average Bonchev–Trinajstić information content (AvgIpc) is 2.87. The molecule has 0 aromatic heterocycles. The van der Waals surface area contributed by atoms with E-state index < -0.39 is 52.8 Å². The van der Waals surface area contributed by atoms with Gasteiger partial charge < -0.3 is 10.1 Å². The number of rotatable bonds is 11. The second kappa shape index (κ2) is 12.0. The van der Waals surface area contributed by atoms with Gasteiger partial charge in [-0.05, 0) is 42.5 Å². The highest BCUT2D eigenvalue weighted by Gasteiger charge is 2.48. The van der Waals surface area contributed by atoms with E-state index in [2.05, 4.69) is 5.32 Å². The summed E-state index contributed by atoms with van der Waals surface area (Å²) < 4.78 is 92.6. The summed E-state index contributed by atoms with van der Waals surface area (Å²) in [6.07, 6.45) is 0.359. The minimum absolute atomic E-state index is 0.0369. The fourth-order valence-electron chi connectivity index (χ4n) is 3.18. The minimum Gasteiger partial charge on any atom is -0.380 e. The number of aldehydes is 1. The van der Waals surface area contributed by atoms with Crippen molar-refractivity contribution >= 4 is 49.5 Å². The zero-order chi connectivity index (χ0) is 28.0. The van der Waals surface area contributed by atoms with Crippen molar-refractivity contribution in [2.75, 3.05) is 11.1 Å². The number of benzene rings is 3. The molecule has 0 saturated heterocycles. The van der Waals surface area contributed by atoms with Crippen LogP contribution >= 0.6 is 11.8 Å². The lowest BCUT2D eigenvalue weighted by Crippen LogP contribution is -2.31. The molecule has 3 aromatic carbocycles. The number of alkyl halides is 3.